The normalized spacial score (nSPS) is 12.7. The van der Waals surface area contributed by atoms with E-state index in [4.69, 9.17) is 10.8 Å². The molecule has 100 valence electrons. The molecule has 0 bridgehead atoms. The molecule has 0 radical (unpaired) electrons. The van der Waals surface area contributed by atoms with Crippen molar-refractivity contribution in [3.05, 3.63) is 29.8 Å². The maximum absolute atomic E-state index is 12.4. The van der Waals surface area contributed by atoms with Gasteiger partial charge in [-0.2, -0.15) is 0 Å². The molecule has 0 saturated heterocycles. The summed E-state index contributed by atoms with van der Waals surface area (Å²) in [5.74, 6) is 0.0906. The molecule has 0 heterocycles. The van der Waals surface area contributed by atoms with Crippen LogP contribution in [0.25, 0.3) is 0 Å². The lowest BCUT2D eigenvalue weighted by Gasteiger charge is -2.28. The van der Waals surface area contributed by atoms with Gasteiger partial charge in [-0.3, -0.25) is 9.69 Å². The van der Waals surface area contributed by atoms with Gasteiger partial charge in [0.15, 0.2) is 5.78 Å². The number of hydrogen-bond donors (Lipinski definition) is 2. The molecule has 4 heteroatoms. The van der Waals surface area contributed by atoms with Gasteiger partial charge in [0.05, 0.1) is 12.6 Å². The van der Waals surface area contributed by atoms with E-state index >= 15 is 0 Å². The van der Waals surface area contributed by atoms with Crippen molar-refractivity contribution in [1.82, 2.24) is 4.90 Å². The topological polar surface area (TPSA) is 66.6 Å². The number of hydrogen-bond acceptors (Lipinski definition) is 4. The van der Waals surface area contributed by atoms with E-state index < -0.39 is 0 Å². The second-order valence-electron chi connectivity index (χ2n) is 4.26. The maximum atomic E-state index is 12.4. The van der Waals surface area contributed by atoms with Crippen molar-refractivity contribution in [2.45, 2.75) is 26.3 Å². The van der Waals surface area contributed by atoms with Crippen LogP contribution >= 0.6 is 0 Å². The van der Waals surface area contributed by atoms with Gasteiger partial charge in [0, 0.05) is 17.8 Å². The molecule has 1 atom stereocenters. The Balaban J connectivity index is 2.87. The van der Waals surface area contributed by atoms with Crippen molar-refractivity contribution in [3.8, 4) is 0 Å². The third-order valence-electron chi connectivity index (χ3n) is 3.12. The summed E-state index contributed by atoms with van der Waals surface area (Å²) in [6.07, 6.45) is 0.733. The highest BCUT2D eigenvalue weighted by Gasteiger charge is 2.23. The van der Waals surface area contributed by atoms with Crippen LogP contribution in [0.4, 0.5) is 5.69 Å². The van der Waals surface area contributed by atoms with Gasteiger partial charge in [-0.1, -0.05) is 13.8 Å². The van der Waals surface area contributed by atoms with Crippen LogP contribution in [0.1, 0.15) is 30.6 Å². The quantitative estimate of drug-likeness (QED) is 0.569. The molecule has 0 fully saturated rings. The zero-order valence-corrected chi connectivity index (χ0v) is 11.1. The Morgan fingerprint density at radius 1 is 1.33 bits per heavy atom. The summed E-state index contributed by atoms with van der Waals surface area (Å²) >= 11 is 0. The first-order valence-corrected chi connectivity index (χ1v) is 6.38. The van der Waals surface area contributed by atoms with Gasteiger partial charge in [0.1, 0.15) is 0 Å². The summed E-state index contributed by atoms with van der Waals surface area (Å²) in [7, 11) is 0. The first kappa shape index (κ1) is 14.7. The summed E-state index contributed by atoms with van der Waals surface area (Å²) in [4.78, 5) is 14.4. The fourth-order valence-electron chi connectivity index (χ4n) is 2.11. The third-order valence-corrected chi connectivity index (χ3v) is 3.12. The van der Waals surface area contributed by atoms with Crippen LogP contribution in [0.15, 0.2) is 24.3 Å². The van der Waals surface area contributed by atoms with Gasteiger partial charge < -0.3 is 10.8 Å². The van der Waals surface area contributed by atoms with Gasteiger partial charge in [0.2, 0.25) is 0 Å². The van der Waals surface area contributed by atoms with Crippen molar-refractivity contribution in [2.75, 3.05) is 25.4 Å². The minimum atomic E-state index is -0.175. The number of anilines is 1. The Labute approximate surface area is 108 Å². The molecule has 0 aliphatic carbocycles. The third kappa shape index (κ3) is 3.55. The lowest BCUT2D eigenvalue weighted by Crippen LogP contribution is -2.42. The number of ketones is 1. The van der Waals surface area contributed by atoms with Crippen LogP contribution in [-0.4, -0.2) is 41.5 Å². The largest absolute Gasteiger partial charge is 0.399 e. The number of likely N-dealkylation sites (N-methyl/N-ethyl adjacent to an activating group) is 1. The summed E-state index contributed by atoms with van der Waals surface area (Å²) in [6.45, 7) is 5.32. The summed E-state index contributed by atoms with van der Waals surface area (Å²) in [5.41, 5.74) is 6.94. The SMILES string of the molecule is CCC(C(=O)c1ccc(N)cc1)N(CC)CCO. The molecule has 4 nitrogen and oxygen atoms in total. The van der Waals surface area contributed by atoms with Crippen molar-refractivity contribution in [1.29, 1.82) is 0 Å². The van der Waals surface area contributed by atoms with Crippen LogP contribution in [0.2, 0.25) is 0 Å². The number of carbonyl (C=O) groups excluding carboxylic acids is 1. The molecule has 0 aliphatic heterocycles. The fourth-order valence-corrected chi connectivity index (χ4v) is 2.11. The van der Waals surface area contributed by atoms with E-state index in [1.165, 1.54) is 0 Å². The lowest BCUT2D eigenvalue weighted by atomic mass is 10.0. The molecule has 18 heavy (non-hydrogen) atoms. The number of Topliss-reactive ketones (excluding diaryl/α,β-unsaturated/α-hetero) is 1. The molecule has 0 aliphatic rings. The van der Waals surface area contributed by atoms with Gasteiger partial charge >= 0.3 is 0 Å². The highest BCUT2D eigenvalue weighted by Crippen LogP contribution is 2.14. The van der Waals surface area contributed by atoms with Crippen molar-refractivity contribution in [2.24, 2.45) is 0 Å². The molecule has 0 aromatic heterocycles. The minimum Gasteiger partial charge on any atom is -0.399 e. The predicted octanol–water partition coefficient (Wildman–Crippen LogP) is 1.54. The Bertz CT molecular complexity index is 376. The van der Waals surface area contributed by atoms with Gasteiger partial charge in [-0.05, 0) is 37.2 Å². The van der Waals surface area contributed by atoms with Gasteiger partial charge in [-0.25, -0.2) is 0 Å². The summed E-state index contributed by atoms with van der Waals surface area (Å²) in [5, 5.41) is 9.03. The molecule has 1 aromatic carbocycles. The zero-order valence-electron chi connectivity index (χ0n) is 11.1. The van der Waals surface area contributed by atoms with Crippen LogP contribution in [0.3, 0.4) is 0 Å². The monoisotopic (exact) mass is 250 g/mol. The first-order chi connectivity index (χ1) is 8.63. The highest BCUT2D eigenvalue weighted by molar-refractivity contribution is 6.00. The van der Waals surface area contributed by atoms with E-state index in [9.17, 15) is 4.79 Å². The molecule has 3 N–H and O–H groups in total. The predicted molar refractivity (Wildman–Crippen MR) is 73.6 cm³/mol. The molecule has 0 spiro atoms. The molecule has 1 rings (SSSR count). The standard InChI is InChI=1S/C14H22N2O2/c1-3-13(16(4-2)9-10-17)14(18)11-5-7-12(15)8-6-11/h5-8,13,17H,3-4,9-10,15H2,1-2H3. The van der Waals surface area contributed by atoms with Crippen molar-refractivity contribution >= 4 is 11.5 Å². The van der Waals surface area contributed by atoms with E-state index in [0.717, 1.165) is 13.0 Å². The molecule has 0 amide bonds. The Morgan fingerprint density at radius 2 is 1.94 bits per heavy atom. The molecule has 1 unspecified atom stereocenters. The average molecular weight is 250 g/mol. The minimum absolute atomic E-state index is 0.0688. The number of benzene rings is 1. The average Bonchev–Trinajstić information content (AvgIpc) is 2.39. The molecular formula is C14H22N2O2. The van der Waals surface area contributed by atoms with Crippen molar-refractivity contribution < 1.29 is 9.90 Å². The maximum Gasteiger partial charge on any atom is 0.179 e. The number of aliphatic hydroxyl groups excluding tert-OH is 1. The fraction of sp³-hybridized carbons (Fsp3) is 0.500. The van der Waals surface area contributed by atoms with Crippen molar-refractivity contribution in [3.63, 3.8) is 0 Å². The number of nitrogens with zero attached hydrogens (tertiary/aromatic N) is 1. The van der Waals surface area contributed by atoms with E-state index in [1.807, 2.05) is 18.7 Å². The Hall–Kier alpha value is -1.39. The van der Waals surface area contributed by atoms with Gasteiger partial charge in [0.25, 0.3) is 0 Å². The lowest BCUT2D eigenvalue weighted by molar-refractivity contribution is 0.0787. The van der Waals surface area contributed by atoms with Crippen LogP contribution in [0.5, 0.6) is 0 Å². The number of nitrogens with two attached hydrogens (primary N) is 1. The molecule has 1 aromatic rings. The van der Waals surface area contributed by atoms with Crippen LogP contribution in [-0.2, 0) is 0 Å². The number of carbonyl (C=O) groups is 1. The van der Waals surface area contributed by atoms with E-state index in [2.05, 4.69) is 0 Å². The van der Waals surface area contributed by atoms with Crippen LogP contribution < -0.4 is 5.73 Å². The van der Waals surface area contributed by atoms with Crippen LogP contribution in [0, 0.1) is 0 Å². The first-order valence-electron chi connectivity index (χ1n) is 6.38. The summed E-state index contributed by atoms with van der Waals surface area (Å²) in [6, 6.07) is 6.82. The Morgan fingerprint density at radius 3 is 2.39 bits per heavy atom. The summed E-state index contributed by atoms with van der Waals surface area (Å²) < 4.78 is 0. The van der Waals surface area contributed by atoms with Gasteiger partial charge in [-0.15, -0.1) is 0 Å². The number of aliphatic hydroxyl groups is 1. The Kier molecular flexibility index (Phi) is 5.82. The highest BCUT2D eigenvalue weighted by atomic mass is 16.3. The number of rotatable bonds is 7. The zero-order chi connectivity index (χ0) is 13.5. The van der Waals surface area contributed by atoms with E-state index in [1.54, 1.807) is 24.3 Å². The second kappa shape index (κ2) is 7.13. The second-order valence-corrected chi connectivity index (χ2v) is 4.26. The van der Waals surface area contributed by atoms with E-state index in [0.29, 0.717) is 17.8 Å². The number of nitrogen functional groups attached to an aromatic ring is 1. The molecular weight excluding hydrogens is 228 g/mol. The molecule has 0 saturated carbocycles. The van der Waals surface area contributed by atoms with E-state index in [-0.39, 0.29) is 18.4 Å². The smallest absolute Gasteiger partial charge is 0.179 e.